The van der Waals surface area contributed by atoms with E-state index in [0.717, 1.165) is 6.20 Å². The molecule has 0 radical (unpaired) electrons. The van der Waals surface area contributed by atoms with Gasteiger partial charge in [0, 0.05) is 7.05 Å². The van der Waals surface area contributed by atoms with Crippen molar-refractivity contribution in [3.63, 3.8) is 0 Å². The highest BCUT2D eigenvalue weighted by molar-refractivity contribution is 5.27. The second kappa shape index (κ2) is 4.61. The zero-order valence-corrected chi connectivity index (χ0v) is 8.61. The standard InChI is InChI=1S/C10H10FN3O2/c1-12-10-13-5-8(11)9(14-10)16-6-7-3-2-4-15-7/h2-5H,6H2,1H3,(H,12,13,14). The van der Waals surface area contributed by atoms with Gasteiger partial charge in [0.15, 0.2) is 0 Å². The maximum Gasteiger partial charge on any atom is 0.255 e. The fourth-order valence-corrected chi connectivity index (χ4v) is 1.11. The van der Waals surface area contributed by atoms with E-state index in [9.17, 15) is 4.39 Å². The normalized spacial score (nSPS) is 10.1. The zero-order valence-electron chi connectivity index (χ0n) is 8.61. The highest BCUT2D eigenvalue weighted by Gasteiger charge is 2.08. The van der Waals surface area contributed by atoms with Gasteiger partial charge in [-0.25, -0.2) is 4.98 Å². The van der Waals surface area contributed by atoms with E-state index in [1.807, 2.05) is 0 Å². The number of nitrogens with one attached hydrogen (secondary N) is 1. The molecule has 0 saturated carbocycles. The van der Waals surface area contributed by atoms with Gasteiger partial charge in [-0.15, -0.1) is 0 Å². The SMILES string of the molecule is CNc1ncc(F)c(OCc2ccco2)n1. The molecule has 6 heteroatoms. The average Bonchev–Trinajstić information content (AvgIpc) is 2.81. The molecule has 0 saturated heterocycles. The first kappa shape index (κ1) is 10.4. The summed E-state index contributed by atoms with van der Waals surface area (Å²) < 4.78 is 23.4. The van der Waals surface area contributed by atoms with Gasteiger partial charge in [0.25, 0.3) is 5.88 Å². The van der Waals surface area contributed by atoms with Gasteiger partial charge in [0.2, 0.25) is 11.8 Å². The minimum atomic E-state index is -0.606. The fraction of sp³-hybridized carbons (Fsp3) is 0.200. The lowest BCUT2D eigenvalue weighted by molar-refractivity contribution is 0.247. The summed E-state index contributed by atoms with van der Waals surface area (Å²) in [5.74, 6) is 0.196. The average molecular weight is 223 g/mol. The molecule has 0 unspecified atom stereocenters. The molecular formula is C10H10FN3O2. The van der Waals surface area contributed by atoms with Crippen molar-refractivity contribution >= 4 is 5.95 Å². The molecule has 0 spiro atoms. The minimum Gasteiger partial charge on any atom is -0.467 e. The molecule has 1 N–H and O–H groups in total. The highest BCUT2D eigenvalue weighted by Crippen LogP contribution is 2.15. The van der Waals surface area contributed by atoms with E-state index in [4.69, 9.17) is 9.15 Å². The van der Waals surface area contributed by atoms with Crippen molar-refractivity contribution in [1.82, 2.24) is 9.97 Å². The van der Waals surface area contributed by atoms with Gasteiger partial charge in [-0.05, 0) is 12.1 Å². The molecule has 0 atom stereocenters. The lowest BCUT2D eigenvalue weighted by Gasteiger charge is -2.05. The highest BCUT2D eigenvalue weighted by atomic mass is 19.1. The number of hydrogen-bond acceptors (Lipinski definition) is 5. The van der Waals surface area contributed by atoms with Crippen LogP contribution in [0.2, 0.25) is 0 Å². The van der Waals surface area contributed by atoms with Gasteiger partial charge in [-0.1, -0.05) is 0 Å². The maximum atomic E-state index is 13.2. The molecule has 84 valence electrons. The number of furan rings is 1. The van der Waals surface area contributed by atoms with E-state index in [0.29, 0.717) is 11.7 Å². The number of rotatable bonds is 4. The first-order chi connectivity index (χ1) is 7.79. The first-order valence-electron chi connectivity index (χ1n) is 4.65. The minimum absolute atomic E-state index is 0.101. The largest absolute Gasteiger partial charge is 0.467 e. The van der Waals surface area contributed by atoms with Crippen molar-refractivity contribution < 1.29 is 13.5 Å². The monoisotopic (exact) mass is 223 g/mol. The van der Waals surface area contributed by atoms with E-state index in [1.165, 1.54) is 6.26 Å². The van der Waals surface area contributed by atoms with Crippen LogP contribution in [0.4, 0.5) is 10.3 Å². The van der Waals surface area contributed by atoms with Crippen LogP contribution < -0.4 is 10.1 Å². The first-order valence-corrected chi connectivity index (χ1v) is 4.65. The Bertz CT molecular complexity index is 459. The Balaban J connectivity index is 2.08. The van der Waals surface area contributed by atoms with Gasteiger partial charge in [0.1, 0.15) is 12.4 Å². The summed E-state index contributed by atoms with van der Waals surface area (Å²) in [5.41, 5.74) is 0. The van der Waals surface area contributed by atoms with Gasteiger partial charge in [-0.3, -0.25) is 0 Å². The predicted molar refractivity (Wildman–Crippen MR) is 54.6 cm³/mol. The van der Waals surface area contributed by atoms with Crippen LogP contribution in [0.25, 0.3) is 0 Å². The number of nitrogens with zero attached hydrogens (tertiary/aromatic N) is 2. The molecule has 2 heterocycles. The van der Waals surface area contributed by atoms with Crippen LogP contribution in [0, 0.1) is 5.82 Å². The van der Waals surface area contributed by atoms with Crippen LogP contribution >= 0.6 is 0 Å². The van der Waals surface area contributed by atoms with E-state index < -0.39 is 5.82 Å². The molecule has 0 fully saturated rings. The van der Waals surface area contributed by atoms with Crippen LogP contribution in [-0.4, -0.2) is 17.0 Å². The topological polar surface area (TPSA) is 60.2 Å². The number of aromatic nitrogens is 2. The van der Waals surface area contributed by atoms with Crippen molar-refractivity contribution in [2.24, 2.45) is 0 Å². The summed E-state index contributed by atoms with van der Waals surface area (Å²) in [5, 5.41) is 2.70. The second-order valence-electron chi connectivity index (χ2n) is 2.96. The van der Waals surface area contributed by atoms with Crippen molar-refractivity contribution in [2.75, 3.05) is 12.4 Å². The smallest absolute Gasteiger partial charge is 0.255 e. The van der Waals surface area contributed by atoms with E-state index >= 15 is 0 Å². The lowest BCUT2D eigenvalue weighted by Crippen LogP contribution is -2.03. The summed E-state index contributed by atoms with van der Waals surface area (Å²) in [6, 6.07) is 3.46. The number of hydrogen-bond donors (Lipinski definition) is 1. The Kier molecular flexibility index (Phi) is 3.00. The molecular weight excluding hydrogens is 213 g/mol. The molecule has 2 rings (SSSR count). The van der Waals surface area contributed by atoms with E-state index in [2.05, 4.69) is 15.3 Å². The third kappa shape index (κ3) is 2.28. The van der Waals surface area contributed by atoms with Gasteiger partial charge in [-0.2, -0.15) is 9.37 Å². The second-order valence-corrected chi connectivity index (χ2v) is 2.96. The summed E-state index contributed by atoms with van der Waals surface area (Å²) in [6.07, 6.45) is 2.57. The van der Waals surface area contributed by atoms with Crippen molar-refractivity contribution in [1.29, 1.82) is 0 Å². The fourth-order valence-electron chi connectivity index (χ4n) is 1.11. The van der Waals surface area contributed by atoms with E-state index in [-0.39, 0.29) is 12.5 Å². The molecule has 0 aliphatic heterocycles. The number of ether oxygens (including phenoxy) is 1. The van der Waals surface area contributed by atoms with E-state index in [1.54, 1.807) is 19.2 Å². The zero-order chi connectivity index (χ0) is 11.4. The molecule has 0 bridgehead atoms. The molecule has 0 aliphatic carbocycles. The Morgan fingerprint density at radius 1 is 1.56 bits per heavy atom. The molecule has 2 aromatic heterocycles. The molecule has 5 nitrogen and oxygen atoms in total. The molecule has 2 aromatic rings. The van der Waals surface area contributed by atoms with Crippen LogP contribution in [-0.2, 0) is 6.61 Å². The van der Waals surface area contributed by atoms with Gasteiger partial charge >= 0.3 is 0 Å². The van der Waals surface area contributed by atoms with Crippen LogP contribution in [0.5, 0.6) is 5.88 Å². The van der Waals surface area contributed by atoms with Crippen LogP contribution in [0.1, 0.15) is 5.76 Å². The summed E-state index contributed by atoms with van der Waals surface area (Å²) in [7, 11) is 1.64. The summed E-state index contributed by atoms with van der Waals surface area (Å²) >= 11 is 0. The Labute approximate surface area is 91.3 Å². The van der Waals surface area contributed by atoms with Crippen LogP contribution in [0.15, 0.2) is 29.0 Å². The summed E-state index contributed by atoms with van der Waals surface area (Å²) in [6.45, 7) is 0.129. The van der Waals surface area contributed by atoms with Crippen molar-refractivity contribution in [3.05, 3.63) is 36.2 Å². The molecule has 0 aliphatic rings. The third-order valence-electron chi connectivity index (χ3n) is 1.87. The molecule has 16 heavy (non-hydrogen) atoms. The maximum absolute atomic E-state index is 13.2. The van der Waals surface area contributed by atoms with Crippen molar-refractivity contribution in [3.8, 4) is 5.88 Å². The quantitative estimate of drug-likeness (QED) is 0.856. The number of anilines is 1. The third-order valence-corrected chi connectivity index (χ3v) is 1.87. The van der Waals surface area contributed by atoms with Crippen molar-refractivity contribution in [2.45, 2.75) is 6.61 Å². The van der Waals surface area contributed by atoms with Crippen LogP contribution in [0.3, 0.4) is 0 Å². The Morgan fingerprint density at radius 3 is 3.12 bits per heavy atom. The molecule has 0 amide bonds. The Morgan fingerprint density at radius 2 is 2.44 bits per heavy atom. The Hall–Kier alpha value is -2.11. The van der Waals surface area contributed by atoms with Gasteiger partial charge < -0.3 is 14.5 Å². The van der Waals surface area contributed by atoms with Gasteiger partial charge in [0.05, 0.1) is 12.5 Å². The number of halogens is 1. The molecule has 0 aromatic carbocycles. The predicted octanol–water partition coefficient (Wildman–Crippen LogP) is 1.83. The lowest BCUT2D eigenvalue weighted by atomic mass is 10.5. The summed E-state index contributed by atoms with van der Waals surface area (Å²) in [4.78, 5) is 7.53.